The summed E-state index contributed by atoms with van der Waals surface area (Å²) in [4.78, 5) is 16.7. The topological polar surface area (TPSA) is 54.0 Å². The van der Waals surface area contributed by atoms with E-state index in [0.717, 1.165) is 32.8 Å². The first-order valence-corrected chi connectivity index (χ1v) is 8.31. The van der Waals surface area contributed by atoms with Crippen molar-refractivity contribution >= 4 is 6.09 Å². The van der Waals surface area contributed by atoms with Crippen molar-refractivity contribution in [3.05, 3.63) is 0 Å². The molecule has 0 radical (unpaired) electrons. The Labute approximate surface area is 134 Å². The number of hydrogen-bond acceptors (Lipinski definition) is 5. The van der Waals surface area contributed by atoms with Gasteiger partial charge >= 0.3 is 6.09 Å². The highest BCUT2D eigenvalue weighted by atomic mass is 16.6. The lowest BCUT2D eigenvalue weighted by molar-refractivity contribution is -0.0154. The van der Waals surface area contributed by atoms with Crippen molar-refractivity contribution < 1.29 is 14.3 Å². The molecule has 0 aliphatic carbocycles. The predicted molar refractivity (Wildman–Crippen MR) is 86.0 cm³/mol. The monoisotopic (exact) mass is 313 g/mol. The minimum Gasteiger partial charge on any atom is -0.444 e. The Morgan fingerprint density at radius 1 is 1.32 bits per heavy atom. The van der Waals surface area contributed by atoms with Crippen molar-refractivity contribution in [1.82, 2.24) is 15.1 Å². The lowest BCUT2D eigenvalue weighted by Crippen LogP contribution is -2.61. The van der Waals surface area contributed by atoms with Crippen LogP contribution in [0.4, 0.5) is 4.79 Å². The number of nitrogens with zero attached hydrogens (tertiary/aromatic N) is 2. The van der Waals surface area contributed by atoms with Gasteiger partial charge in [-0.05, 0) is 34.6 Å². The molecule has 6 heteroatoms. The van der Waals surface area contributed by atoms with Crippen LogP contribution in [0.25, 0.3) is 0 Å². The third-order valence-corrected chi connectivity index (χ3v) is 4.24. The second-order valence-corrected chi connectivity index (χ2v) is 7.51. The number of amides is 1. The van der Waals surface area contributed by atoms with Crippen molar-refractivity contribution in [3.63, 3.8) is 0 Å². The minimum atomic E-state index is -0.449. The molecule has 3 atom stereocenters. The van der Waals surface area contributed by atoms with E-state index in [2.05, 4.69) is 24.1 Å². The predicted octanol–water partition coefficient (Wildman–Crippen LogP) is 1.30. The number of hydrogen-bond donors (Lipinski definition) is 1. The molecule has 0 aromatic carbocycles. The number of piperazine rings is 1. The minimum absolute atomic E-state index is 0.160. The Morgan fingerprint density at radius 2 is 2.05 bits per heavy atom. The number of morpholine rings is 1. The van der Waals surface area contributed by atoms with Gasteiger partial charge in [-0.1, -0.05) is 0 Å². The molecule has 2 aliphatic rings. The maximum Gasteiger partial charge on any atom is 0.410 e. The molecular weight excluding hydrogens is 282 g/mol. The van der Waals surface area contributed by atoms with Gasteiger partial charge in [0.15, 0.2) is 0 Å². The van der Waals surface area contributed by atoms with Gasteiger partial charge < -0.3 is 19.7 Å². The van der Waals surface area contributed by atoms with E-state index in [9.17, 15) is 4.79 Å². The van der Waals surface area contributed by atoms with E-state index in [1.54, 1.807) is 0 Å². The van der Waals surface area contributed by atoms with Gasteiger partial charge in [0.05, 0.1) is 13.2 Å². The molecule has 0 saturated carbocycles. The highest BCUT2D eigenvalue weighted by molar-refractivity contribution is 5.68. The molecule has 0 bridgehead atoms. The third kappa shape index (κ3) is 4.83. The number of carbonyl (C=O) groups is 1. The van der Waals surface area contributed by atoms with Crippen LogP contribution in [0.1, 0.15) is 34.6 Å². The molecule has 128 valence electrons. The summed E-state index contributed by atoms with van der Waals surface area (Å²) in [6.07, 6.45) is -0.207. The van der Waals surface area contributed by atoms with Crippen LogP contribution < -0.4 is 5.32 Å². The fourth-order valence-electron chi connectivity index (χ4n) is 2.94. The van der Waals surface area contributed by atoms with Crippen LogP contribution in [0.2, 0.25) is 0 Å². The van der Waals surface area contributed by atoms with Crippen LogP contribution in [-0.4, -0.2) is 79.0 Å². The van der Waals surface area contributed by atoms with Crippen molar-refractivity contribution in [2.75, 3.05) is 39.4 Å². The van der Waals surface area contributed by atoms with Gasteiger partial charge in [0.2, 0.25) is 0 Å². The van der Waals surface area contributed by atoms with Crippen LogP contribution >= 0.6 is 0 Å². The fraction of sp³-hybridized carbons (Fsp3) is 0.938. The molecule has 2 aliphatic heterocycles. The number of rotatable bonds is 2. The summed E-state index contributed by atoms with van der Waals surface area (Å²) in [5.74, 6) is 0. The standard InChI is InChI=1S/C16H31N3O3/c1-12-8-17-14(9-18-6-7-21-11-13(18)2)10-19(12)15(20)22-16(3,4)5/h12-14,17H,6-11H2,1-5H3/t12-,13+,14-/m0/s1. The Balaban J connectivity index is 1.91. The van der Waals surface area contributed by atoms with Gasteiger partial charge in [0.25, 0.3) is 0 Å². The summed E-state index contributed by atoms with van der Waals surface area (Å²) in [5, 5.41) is 3.55. The Hall–Kier alpha value is -0.850. The second-order valence-electron chi connectivity index (χ2n) is 7.51. The first-order valence-electron chi connectivity index (χ1n) is 8.31. The molecule has 22 heavy (non-hydrogen) atoms. The number of ether oxygens (including phenoxy) is 2. The molecule has 2 saturated heterocycles. The third-order valence-electron chi connectivity index (χ3n) is 4.24. The summed E-state index contributed by atoms with van der Waals surface area (Å²) in [7, 11) is 0. The van der Waals surface area contributed by atoms with E-state index in [1.807, 2.05) is 25.7 Å². The molecule has 1 amide bonds. The number of nitrogens with one attached hydrogen (secondary N) is 1. The van der Waals surface area contributed by atoms with Crippen LogP contribution in [0, 0.1) is 0 Å². The average molecular weight is 313 g/mol. The van der Waals surface area contributed by atoms with Gasteiger partial charge in [-0.25, -0.2) is 4.79 Å². The lowest BCUT2D eigenvalue weighted by Gasteiger charge is -2.42. The molecule has 2 rings (SSSR count). The fourth-order valence-corrected chi connectivity index (χ4v) is 2.94. The number of carbonyl (C=O) groups excluding carboxylic acids is 1. The highest BCUT2D eigenvalue weighted by Crippen LogP contribution is 2.16. The normalized spacial score (nSPS) is 31.1. The molecule has 0 aromatic heterocycles. The van der Waals surface area contributed by atoms with Crippen molar-refractivity contribution in [2.45, 2.75) is 58.3 Å². The largest absolute Gasteiger partial charge is 0.444 e. The molecule has 0 spiro atoms. The van der Waals surface area contributed by atoms with E-state index in [1.165, 1.54) is 0 Å². The van der Waals surface area contributed by atoms with Gasteiger partial charge in [0.1, 0.15) is 5.60 Å². The highest BCUT2D eigenvalue weighted by Gasteiger charge is 2.33. The zero-order chi connectivity index (χ0) is 16.3. The average Bonchev–Trinajstić information content (AvgIpc) is 2.41. The summed E-state index contributed by atoms with van der Waals surface area (Å²) in [6, 6.07) is 0.877. The lowest BCUT2D eigenvalue weighted by atomic mass is 10.1. The summed E-state index contributed by atoms with van der Waals surface area (Å²) >= 11 is 0. The van der Waals surface area contributed by atoms with Crippen molar-refractivity contribution in [2.24, 2.45) is 0 Å². The van der Waals surface area contributed by atoms with E-state index < -0.39 is 5.60 Å². The molecule has 2 fully saturated rings. The summed E-state index contributed by atoms with van der Waals surface area (Å²) in [5.41, 5.74) is -0.449. The second kappa shape index (κ2) is 7.15. The Morgan fingerprint density at radius 3 is 2.68 bits per heavy atom. The van der Waals surface area contributed by atoms with Crippen LogP contribution in [-0.2, 0) is 9.47 Å². The van der Waals surface area contributed by atoms with E-state index >= 15 is 0 Å². The van der Waals surface area contributed by atoms with Crippen molar-refractivity contribution in [1.29, 1.82) is 0 Å². The maximum absolute atomic E-state index is 12.4. The quantitative estimate of drug-likeness (QED) is 0.833. The van der Waals surface area contributed by atoms with Crippen LogP contribution in [0.15, 0.2) is 0 Å². The van der Waals surface area contributed by atoms with Gasteiger partial charge in [-0.2, -0.15) is 0 Å². The first kappa shape index (κ1) is 17.5. The maximum atomic E-state index is 12.4. The molecule has 6 nitrogen and oxygen atoms in total. The molecule has 1 N–H and O–H groups in total. The summed E-state index contributed by atoms with van der Waals surface area (Å²) < 4.78 is 11.0. The van der Waals surface area contributed by atoms with Gasteiger partial charge in [0, 0.05) is 44.3 Å². The summed E-state index contributed by atoms with van der Waals surface area (Å²) in [6.45, 7) is 15.0. The molecule has 0 unspecified atom stereocenters. The van der Waals surface area contributed by atoms with E-state index in [0.29, 0.717) is 12.6 Å². The first-order chi connectivity index (χ1) is 10.3. The molecule has 0 aromatic rings. The zero-order valence-corrected chi connectivity index (χ0v) is 14.6. The smallest absolute Gasteiger partial charge is 0.410 e. The molecule has 2 heterocycles. The SMILES string of the molecule is C[C@@H]1COCCN1C[C@H]1CN(C(=O)OC(C)(C)C)[C@@H](C)CN1. The van der Waals surface area contributed by atoms with E-state index in [4.69, 9.17) is 9.47 Å². The van der Waals surface area contributed by atoms with E-state index in [-0.39, 0.29) is 18.2 Å². The molecular formula is C16H31N3O3. The zero-order valence-electron chi connectivity index (χ0n) is 14.6. The van der Waals surface area contributed by atoms with Crippen LogP contribution in [0.3, 0.4) is 0 Å². The van der Waals surface area contributed by atoms with Gasteiger partial charge in [-0.15, -0.1) is 0 Å². The van der Waals surface area contributed by atoms with Crippen molar-refractivity contribution in [3.8, 4) is 0 Å². The van der Waals surface area contributed by atoms with Crippen LogP contribution in [0.5, 0.6) is 0 Å². The Bertz CT molecular complexity index is 383. The van der Waals surface area contributed by atoms with Gasteiger partial charge in [-0.3, -0.25) is 4.90 Å². The Kier molecular flexibility index (Phi) is 5.69.